The van der Waals surface area contributed by atoms with Gasteiger partial charge >= 0.3 is 12.0 Å². The smallest absolute Gasteiger partial charge is 0.317 e. The number of rotatable bonds is 7. The number of carbonyl (C=O) groups is 2. The Balaban J connectivity index is 1.94. The molecule has 0 aliphatic carbocycles. The van der Waals surface area contributed by atoms with Gasteiger partial charge in [-0.1, -0.05) is 19.8 Å². The van der Waals surface area contributed by atoms with E-state index >= 15 is 0 Å². The van der Waals surface area contributed by atoms with E-state index in [-0.39, 0.29) is 12.5 Å². The molecule has 0 saturated carbocycles. The fraction of sp³-hybridized carbons (Fsp3) is 0.846. The lowest BCUT2D eigenvalue weighted by molar-refractivity contribution is -0.137. The van der Waals surface area contributed by atoms with Crippen molar-refractivity contribution in [1.29, 1.82) is 0 Å². The Bertz CT molecular complexity index is 281. The number of unbranched alkanes of at least 4 members (excludes halogenated alkanes) is 3. The molecule has 5 nitrogen and oxygen atoms in total. The summed E-state index contributed by atoms with van der Waals surface area (Å²) in [4.78, 5) is 23.9. The molecule has 0 aromatic heterocycles. The third kappa shape index (κ3) is 5.89. The molecule has 1 atom stereocenters. The number of aliphatic carboxylic acids is 1. The monoisotopic (exact) mass is 256 g/mol. The summed E-state index contributed by atoms with van der Waals surface area (Å²) in [6.07, 6.45) is 4.90. The number of amides is 2. The molecular formula is C13H24N2O3. The molecule has 1 rings (SSSR count). The van der Waals surface area contributed by atoms with E-state index in [1.165, 1.54) is 0 Å². The topological polar surface area (TPSA) is 69.6 Å². The Kier molecular flexibility index (Phi) is 6.54. The highest BCUT2D eigenvalue weighted by molar-refractivity contribution is 5.74. The van der Waals surface area contributed by atoms with Crippen molar-refractivity contribution in [1.82, 2.24) is 10.2 Å². The first kappa shape index (κ1) is 14.8. The average molecular weight is 256 g/mol. The quantitative estimate of drug-likeness (QED) is 0.685. The number of nitrogens with zero attached hydrogens (tertiary/aromatic N) is 1. The zero-order valence-electron chi connectivity index (χ0n) is 11.2. The van der Waals surface area contributed by atoms with Crippen LogP contribution >= 0.6 is 0 Å². The number of likely N-dealkylation sites (tertiary alicyclic amines) is 1. The Morgan fingerprint density at radius 2 is 2.00 bits per heavy atom. The van der Waals surface area contributed by atoms with Gasteiger partial charge in [0.1, 0.15) is 0 Å². The van der Waals surface area contributed by atoms with Gasteiger partial charge in [-0.05, 0) is 25.2 Å². The van der Waals surface area contributed by atoms with Crippen molar-refractivity contribution in [2.24, 2.45) is 5.92 Å². The van der Waals surface area contributed by atoms with Gasteiger partial charge in [-0.15, -0.1) is 0 Å². The molecule has 1 fully saturated rings. The van der Waals surface area contributed by atoms with Crippen LogP contribution in [0.4, 0.5) is 4.79 Å². The fourth-order valence-corrected chi connectivity index (χ4v) is 2.18. The van der Waals surface area contributed by atoms with Crippen LogP contribution in [0.3, 0.4) is 0 Å². The molecule has 1 heterocycles. The van der Waals surface area contributed by atoms with E-state index in [9.17, 15) is 9.59 Å². The van der Waals surface area contributed by atoms with Crippen LogP contribution < -0.4 is 5.32 Å². The van der Waals surface area contributed by atoms with Gasteiger partial charge in [-0.2, -0.15) is 0 Å². The minimum atomic E-state index is -0.730. The molecule has 104 valence electrons. The second kappa shape index (κ2) is 7.95. The summed E-state index contributed by atoms with van der Waals surface area (Å²) in [6.45, 7) is 4.59. The Morgan fingerprint density at radius 3 is 2.61 bits per heavy atom. The average Bonchev–Trinajstić information content (AvgIpc) is 2.74. The van der Waals surface area contributed by atoms with Crippen molar-refractivity contribution < 1.29 is 14.7 Å². The zero-order valence-corrected chi connectivity index (χ0v) is 11.2. The van der Waals surface area contributed by atoms with Gasteiger partial charge in [-0.25, -0.2) is 4.79 Å². The molecule has 1 aliphatic heterocycles. The molecular weight excluding hydrogens is 232 g/mol. The molecule has 18 heavy (non-hydrogen) atoms. The third-order valence-corrected chi connectivity index (χ3v) is 3.30. The minimum Gasteiger partial charge on any atom is -0.481 e. The van der Waals surface area contributed by atoms with E-state index in [0.717, 1.165) is 45.2 Å². The second-order valence-corrected chi connectivity index (χ2v) is 5.13. The number of urea groups is 1. The molecule has 1 aliphatic rings. The number of nitrogens with one attached hydrogen (secondary N) is 1. The number of hydrogen-bond acceptors (Lipinski definition) is 2. The van der Waals surface area contributed by atoms with E-state index in [0.29, 0.717) is 12.5 Å². The van der Waals surface area contributed by atoms with E-state index in [4.69, 9.17) is 5.11 Å². The van der Waals surface area contributed by atoms with Crippen LogP contribution in [0.25, 0.3) is 0 Å². The molecule has 1 unspecified atom stereocenters. The maximum absolute atomic E-state index is 11.7. The highest BCUT2D eigenvalue weighted by Gasteiger charge is 2.22. The number of hydrogen-bond donors (Lipinski definition) is 2. The van der Waals surface area contributed by atoms with Crippen LogP contribution in [0.15, 0.2) is 0 Å². The first-order chi connectivity index (χ1) is 8.59. The normalized spacial score (nSPS) is 18.9. The molecule has 2 N–H and O–H groups in total. The molecule has 5 heteroatoms. The van der Waals surface area contributed by atoms with Crippen molar-refractivity contribution in [3.05, 3.63) is 0 Å². The van der Waals surface area contributed by atoms with E-state index in [1.54, 1.807) is 0 Å². The van der Waals surface area contributed by atoms with E-state index in [2.05, 4.69) is 12.2 Å². The fourth-order valence-electron chi connectivity index (χ4n) is 2.18. The number of carbonyl (C=O) groups excluding carboxylic acids is 1. The summed E-state index contributed by atoms with van der Waals surface area (Å²) in [5, 5.41) is 11.4. The Labute approximate surface area is 109 Å². The molecule has 0 bridgehead atoms. The first-order valence-electron chi connectivity index (χ1n) is 6.84. The standard InChI is InChI=1S/C13H24N2O3/c1-11-7-9-15(10-11)13(18)14-8-5-3-2-4-6-12(16)17/h11H,2-10H2,1H3,(H,14,18)(H,16,17). The van der Waals surface area contributed by atoms with Crippen LogP contribution in [-0.2, 0) is 4.79 Å². The predicted octanol–water partition coefficient (Wildman–Crippen LogP) is 2.07. The zero-order chi connectivity index (χ0) is 13.4. The van der Waals surface area contributed by atoms with Gasteiger partial charge in [0.2, 0.25) is 0 Å². The lowest BCUT2D eigenvalue weighted by Gasteiger charge is -2.16. The van der Waals surface area contributed by atoms with Crippen molar-refractivity contribution in [2.75, 3.05) is 19.6 Å². The lowest BCUT2D eigenvalue weighted by Crippen LogP contribution is -2.38. The first-order valence-corrected chi connectivity index (χ1v) is 6.84. The summed E-state index contributed by atoms with van der Waals surface area (Å²) >= 11 is 0. The van der Waals surface area contributed by atoms with E-state index in [1.807, 2.05) is 4.90 Å². The molecule has 0 aromatic rings. The number of carboxylic acid groups (broad SMARTS) is 1. The van der Waals surface area contributed by atoms with Gasteiger partial charge in [0.25, 0.3) is 0 Å². The van der Waals surface area contributed by atoms with Gasteiger partial charge in [0.05, 0.1) is 0 Å². The largest absolute Gasteiger partial charge is 0.481 e. The molecule has 0 radical (unpaired) electrons. The van der Waals surface area contributed by atoms with E-state index < -0.39 is 5.97 Å². The van der Waals surface area contributed by atoms with Crippen LogP contribution in [-0.4, -0.2) is 41.6 Å². The van der Waals surface area contributed by atoms with Gasteiger partial charge < -0.3 is 15.3 Å². The van der Waals surface area contributed by atoms with Crippen molar-refractivity contribution >= 4 is 12.0 Å². The SMILES string of the molecule is CC1CCN(C(=O)NCCCCCCC(=O)O)C1. The summed E-state index contributed by atoms with van der Waals surface area (Å²) in [5.41, 5.74) is 0. The summed E-state index contributed by atoms with van der Waals surface area (Å²) < 4.78 is 0. The van der Waals surface area contributed by atoms with Crippen molar-refractivity contribution in [2.45, 2.75) is 45.4 Å². The molecule has 0 spiro atoms. The van der Waals surface area contributed by atoms with Crippen LogP contribution in [0.2, 0.25) is 0 Å². The minimum absolute atomic E-state index is 0.0462. The molecule has 1 saturated heterocycles. The van der Waals surface area contributed by atoms with Crippen LogP contribution in [0, 0.1) is 5.92 Å². The molecule has 0 aromatic carbocycles. The number of carboxylic acids is 1. The highest BCUT2D eigenvalue weighted by Crippen LogP contribution is 2.14. The summed E-state index contributed by atoms with van der Waals surface area (Å²) in [5.74, 6) is -0.113. The lowest BCUT2D eigenvalue weighted by atomic mass is 10.1. The predicted molar refractivity (Wildman–Crippen MR) is 69.5 cm³/mol. The van der Waals surface area contributed by atoms with Gasteiger partial charge in [0, 0.05) is 26.1 Å². The van der Waals surface area contributed by atoms with Crippen molar-refractivity contribution in [3.63, 3.8) is 0 Å². The Hall–Kier alpha value is -1.26. The Morgan fingerprint density at radius 1 is 1.28 bits per heavy atom. The summed E-state index contributed by atoms with van der Waals surface area (Å²) in [6, 6.07) is 0.0462. The second-order valence-electron chi connectivity index (χ2n) is 5.13. The van der Waals surface area contributed by atoms with Crippen molar-refractivity contribution in [3.8, 4) is 0 Å². The van der Waals surface area contributed by atoms with Crippen LogP contribution in [0.1, 0.15) is 45.4 Å². The van der Waals surface area contributed by atoms with Gasteiger partial charge in [0.15, 0.2) is 0 Å². The maximum atomic E-state index is 11.7. The highest BCUT2D eigenvalue weighted by atomic mass is 16.4. The summed E-state index contributed by atoms with van der Waals surface area (Å²) in [7, 11) is 0. The van der Waals surface area contributed by atoms with Crippen LogP contribution in [0.5, 0.6) is 0 Å². The third-order valence-electron chi connectivity index (χ3n) is 3.30. The van der Waals surface area contributed by atoms with Gasteiger partial charge in [-0.3, -0.25) is 4.79 Å². The maximum Gasteiger partial charge on any atom is 0.317 e. The molecule has 2 amide bonds.